The molecule has 2 aromatic carbocycles. The molecule has 94 valence electrons. The largest absolute Gasteiger partial charge is 0.302 e. The number of hydrogen-bond donors (Lipinski definition) is 0. The van der Waals surface area contributed by atoms with Gasteiger partial charge in [-0.15, -0.1) is 11.3 Å². The Morgan fingerprint density at radius 1 is 0.684 bits per heavy atom. The van der Waals surface area contributed by atoms with E-state index in [0.717, 1.165) is 0 Å². The van der Waals surface area contributed by atoms with E-state index in [0.29, 0.717) is 0 Å². The summed E-state index contributed by atoms with van der Waals surface area (Å²) in [5, 5.41) is 1.25. The maximum atomic E-state index is 2.29. The summed E-state index contributed by atoms with van der Waals surface area (Å²) in [7, 11) is 0. The minimum absolute atomic E-state index is 1.19. The van der Waals surface area contributed by atoms with Gasteiger partial charge in [0.2, 0.25) is 0 Å². The maximum absolute atomic E-state index is 2.29. The summed E-state index contributed by atoms with van der Waals surface area (Å²) in [6.45, 7) is 2.14. The molecule has 0 aliphatic carbocycles. The predicted molar refractivity (Wildman–Crippen MR) is 83.7 cm³/mol. The van der Waals surface area contributed by atoms with Crippen LogP contribution in [-0.4, -0.2) is 0 Å². The molecule has 0 radical (unpaired) electrons. The topological polar surface area (TPSA) is 3.24 Å². The molecule has 0 unspecified atom stereocenters. The maximum Gasteiger partial charge on any atom is 0.100 e. The van der Waals surface area contributed by atoms with E-state index in [1.165, 1.54) is 21.3 Å². The molecule has 0 aliphatic heterocycles. The fourth-order valence-corrected chi connectivity index (χ4v) is 3.00. The van der Waals surface area contributed by atoms with Crippen LogP contribution in [0.15, 0.2) is 72.8 Å². The molecule has 0 atom stereocenters. The number of rotatable bonds is 3. The van der Waals surface area contributed by atoms with E-state index in [9.17, 15) is 0 Å². The van der Waals surface area contributed by atoms with Crippen LogP contribution in [0.5, 0.6) is 0 Å². The van der Waals surface area contributed by atoms with Gasteiger partial charge in [0.1, 0.15) is 5.00 Å². The van der Waals surface area contributed by atoms with Gasteiger partial charge in [-0.2, -0.15) is 0 Å². The second kappa shape index (κ2) is 5.29. The molecule has 0 bridgehead atoms. The highest BCUT2D eigenvalue weighted by Gasteiger charge is 2.12. The lowest BCUT2D eigenvalue weighted by Crippen LogP contribution is -2.07. The van der Waals surface area contributed by atoms with E-state index in [4.69, 9.17) is 0 Å². The van der Waals surface area contributed by atoms with Crippen LogP contribution in [0.3, 0.4) is 0 Å². The molecular weight excluding hydrogens is 250 g/mol. The summed E-state index contributed by atoms with van der Waals surface area (Å²) < 4.78 is 0. The van der Waals surface area contributed by atoms with E-state index < -0.39 is 0 Å². The molecule has 19 heavy (non-hydrogen) atoms. The molecule has 3 aromatic rings. The summed E-state index contributed by atoms with van der Waals surface area (Å²) in [5.74, 6) is 0. The monoisotopic (exact) mass is 265 g/mol. The summed E-state index contributed by atoms with van der Waals surface area (Å²) in [4.78, 5) is 3.62. The van der Waals surface area contributed by atoms with Crippen LogP contribution in [-0.2, 0) is 0 Å². The first kappa shape index (κ1) is 12.0. The first-order valence-corrected chi connectivity index (χ1v) is 7.13. The van der Waals surface area contributed by atoms with Crippen molar-refractivity contribution in [3.05, 3.63) is 77.7 Å². The van der Waals surface area contributed by atoms with Gasteiger partial charge in [-0.1, -0.05) is 36.4 Å². The minimum atomic E-state index is 1.19. The molecule has 0 saturated heterocycles. The average molecular weight is 265 g/mol. The molecule has 0 aliphatic rings. The van der Waals surface area contributed by atoms with Crippen molar-refractivity contribution in [1.29, 1.82) is 0 Å². The van der Waals surface area contributed by atoms with Gasteiger partial charge in [0.15, 0.2) is 0 Å². The van der Waals surface area contributed by atoms with Crippen LogP contribution < -0.4 is 4.90 Å². The molecule has 0 amide bonds. The fraction of sp³-hybridized carbons (Fsp3) is 0.0588. The Morgan fingerprint density at radius 2 is 1.21 bits per heavy atom. The average Bonchev–Trinajstić information content (AvgIpc) is 2.88. The first-order chi connectivity index (χ1) is 9.34. The Kier molecular flexibility index (Phi) is 3.34. The van der Waals surface area contributed by atoms with Crippen LogP contribution in [0.4, 0.5) is 16.4 Å². The zero-order chi connectivity index (χ0) is 13.1. The van der Waals surface area contributed by atoms with Crippen LogP contribution in [0.25, 0.3) is 0 Å². The molecule has 1 aromatic heterocycles. The van der Waals surface area contributed by atoms with Crippen molar-refractivity contribution in [2.75, 3.05) is 4.90 Å². The third-order valence-electron chi connectivity index (χ3n) is 2.98. The normalized spacial score (nSPS) is 10.4. The third kappa shape index (κ3) is 2.54. The van der Waals surface area contributed by atoms with Crippen molar-refractivity contribution in [1.82, 2.24) is 0 Å². The van der Waals surface area contributed by atoms with E-state index in [2.05, 4.69) is 72.5 Å². The van der Waals surface area contributed by atoms with Gasteiger partial charge < -0.3 is 4.90 Å². The Bertz CT molecular complexity index is 604. The van der Waals surface area contributed by atoms with Crippen LogP contribution in [0.1, 0.15) is 4.88 Å². The van der Waals surface area contributed by atoms with Crippen molar-refractivity contribution >= 4 is 27.7 Å². The predicted octanol–water partition coefficient (Wildman–Crippen LogP) is 5.53. The highest BCUT2D eigenvalue weighted by atomic mass is 32.1. The van der Waals surface area contributed by atoms with Crippen LogP contribution in [0, 0.1) is 6.92 Å². The smallest absolute Gasteiger partial charge is 0.100 e. The Labute approximate surface area is 117 Å². The van der Waals surface area contributed by atoms with E-state index in [1.54, 1.807) is 0 Å². The molecule has 0 fully saturated rings. The molecule has 1 nitrogen and oxygen atoms in total. The van der Waals surface area contributed by atoms with Crippen molar-refractivity contribution in [3.8, 4) is 0 Å². The van der Waals surface area contributed by atoms with Gasteiger partial charge in [0.05, 0.1) is 0 Å². The van der Waals surface area contributed by atoms with Gasteiger partial charge in [-0.05, 0) is 43.3 Å². The van der Waals surface area contributed by atoms with Crippen LogP contribution in [0.2, 0.25) is 0 Å². The quantitative estimate of drug-likeness (QED) is 0.602. The second-order valence-corrected chi connectivity index (χ2v) is 5.66. The summed E-state index contributed by atoms with van der Waals surface area (Å²) in [5.41, 5.74) is 2.38. The molecule has 0 saturated carbocycles. The Morgan fingerprint density at radius 3 is 1.63 bits per heavy atom. The first-order valence-electron chi connectivity index (χ1n) is 6.31. The molecule has 0 spiro atoms. The van der Waals surface area contributed by atoms with Gasteiger partial charge >= 0.3 is 0 Å². The van der Waals surface area contributed by atoms with E-state index in [1.807, 2.05) is 23.5 Å². The number of para-hydroxylation sites is 2. The number of anilines is 3. The minimum Gasteiger partial charge on any atom is -0.302 e. The lowest BCUT2D eigenvalue weighted by molar-refractivity contribution is 1.32. The SMILES string of the molecule is Cc1ccc(N(c2ccccc2)c2ccccc2)s1. The standard InChI is InChI=1S/C17H15NS/c1-14-12-13-17(19-14)18(15-8-4-2-5-9-15)16-10-6-3-7-11-16/h2-13H,1H3. The molecule has 2 heteroatoms. The Hall–Kier alpha value is -2.06. The summed E-state index contributed by atoms with van der Waals surface area (Å²) >= 11 is 1.81. The number of hydrogen-bond acceptors (Lipinski definition) is 2. The number of benzene rings is 2. The molecular formula is C17H15NS. The summed E-state index contributed by atoms with van der Waals surface area (Å²) in [6.07, 6.45) is 0. The zero-order valence-corrected chi connectivity index (χ0v) is 11.6. The highest BCUT2D eigenvalue weighted by molar-refractivity contribution is 7.16. The Balaban J connectivity index is 2.11. The van der Waals surface area contributed by atoms with Crippen molar-refractivity contribution in [2.24, 2.45) is 0 Å². The fourth-order valence-electron chi connectivity index (χ4n) is 2.10. The van der Waals surface area contributed by atoms with Gasteiger partial charge in [-0.25, -0.2) is 0 Å². The molecule has 3 rings (SSSR count). The van der Waals surface area contributed by atoms with Crippen molar-refractivity contribution in [2.45, 2.75) is 6.92 Å². The van der Waals surface area contributed by atoms with Crippen molar-refractivity contribution in [3.63, 3.8) is 0 Å². The zero-order valence-electron chi connectivity index (χ0n) is 10.8. The number of nitrogens with zero attached hydrogens (tertiary/aromatic N) is 1. The lowest BCUT2D eigenvalue weighted by Gasteiger charge is -2.23. The molecule has 1 heterocycles. The van der Waals surface area contributed by atoms with Gasteiger partial charge in [0, 0.05) is 16.3 Å². The lowest BCUT2D eigenvalue weighted by atomic mass is 10.2. The van der Waals surface area contributed by atoms with E-state index in [-0.39, 0.29) is 0 Å². The summed E-state index contributed by atoms with van der Waals surface area (Å²) in [6, 6.07) is 25.3. The van der Waals surface area contributed by atoms with Crippen LogP contribution >= 0.6 is 11.3 Å². The number of aryl methyl sites for hydroxylation is 1. The highest BCUT2D eigenvalue weighted by Crippen LogP contribution is 2.38. The second-order valence-electron chi connectivity index (χ2n) is 4.39. The molecule has 0 N–H and O–H groups in total. The number of thiophene rings is 1. The van der Waals surface area contributed by atoms with Gasteiger partial charge in [0.25, 0.3) is 0 Å². The van der Waals surface area contributed by atoms with Gasteiger partial charge in [-0.3, -0.25) is 0 Å². The van der Waals surface area contributed by atoms with E-state index >= 15 is 0 Å². The van der Waals surface area contributed by atoms with Crippen molar-refractivity contribution < 1.29 is 0 Å². The third-order valence-corrected chi connectivity index (χ3v) is 3.96.